The maximum atomic E-state index is 9.56. The summed E-state index contributed by atoms with van der Waals surface area (Å²) < 4.78 is 0. The Kier molecular flexibility index (Phi) is 4.46. The molecule has 26 heavy (non-hydrogen) atoms. The number of anilines is 1. The average Bonchev–Trinajstić information content (AvgIpc) is 3.19. The van der Waals surface area contributed by atoms with Crippen molar-refractivity contribution in [1.29, 1.82) is 5.26 Å². The van der Waals surface area contributed by atoms with Crippen LogP contribution in [0.4, 0.5) is 5.69 Å². The number of fused-ring (bicyclic) bond motifs is 1. The lowest BCUT2D eigenvalue weighted by Crippen LogP contribution is -1.92. The molecule has 0 aliphatic rings. The van der Waals surface area contributed by atoms with Gasteiger partial charge in [-0.3, -0.25) is 0 Å². The molecule has 0 unspecified atom stereocenters. The minimum absolute atomic E-state index is 0.519. The minimum atomic E-state index is 0.519. The molecule has 3 aromatic carbocycles. The molecule has 4 aromatic rings. The van der Waals surface area contributed by atoms with Crippen molar-refractivity contribution in [3.63, 3.8) is 0 Å². The van der Waals surface area contributed by atoms with E-state index in [4.69, 9.17) is 0 Å². The van der Waals surface area contributed by atoms with Crippen molar-refractivity contribution in [2.75, 3.05) is 5.32 Å². The topological polar surface area (TPSA) is 48.7 Å². The molecule has 3 nitrogen and oxygen atoms in total. The highest BCUT2D eigenvalue weighted by Crippen LogP contribution is 2.27. The Morgan fingerprint density at radius 3 is 2.58 bits per heavy atom. The van der Waals surface area contributed by atoms with Gasteiger partial charge >= 0.3 is 0 Å². The van der Waals surface area contributed by atoms with Crippen molar-refractivity contribution < 1.29 is 0 Å². The molecule has 0 aliphatic heterocycles. The lowest BCUT2D eigenvalue weighted by atomic mass is 10.1. The largest absolute Gasteiger partial charge is 0.360 e. The molecule has 4 rings (SSSR count). The fourth-order valence-electron chi connectivity index (χ4n) is 2.78. The van der Waals surface area contributed by atoms with E-state index in [0.717, 1.165) is 27.7 Å². The monoisotopic (exact) mass is 353 g/mol. The summed E-state index contributed by atoms with van der Waals surface area (Å²) in [7, 11) is 0. The Morgan fingerprint density at radius 1 is 0.962 bits per heavy atom. The number of allylic oxidation sites excluding steroid dienone is 1. The standard InChI is InChI=1S/C22H15N3S/c23-13-18(22-25-21(15-26-22)17-8-2-1-3-9-17)14-24-20-12-6-10-16-7-4-5-11-19(16)20/h1-12,14-15,24H/b18-14-. The minimum Gasteiger partial charge on any atom is -0.360 e. The van der Waals surface area contributed by atoms with E-state index < -0.39 is 0 Å². The molecule has 0 atom stereocenters. The molecule has 1 heterocycles. The number of benzene rings is 3. The zero-order valence-electron chi connectivity index (χ0n) is 13.9. The predicted octanol–water partition coefficient (Wildman–Crippen LogP) is 5.94. The molecular weight excluding hydrogens is 338 g/mol. The summed E-state index contributed by atoms with van der Waals surface area (Å²) in [5, 5.41) is 17.8. The molecule has 0 spiro atoms. The predicted molar refractivity (Wildman–Crippen MR) is 109 cm³/mol. The van der Waals surface area contributed by atoms with Gasteiger partial charge in [0.2, 0.25) is 0 Å². The maximum absolute atomic E-state index is 9.56. The van der Waals surface area contributed by atoms with Gasteiger partial charge < -0.3 is 5.32 Å². The van der Waals surface area contributed by atoms with Crippen LogP contribution in [0.25, 0.3) is 27.6 Å². The molecule has 1 aromatic heterocycles. The van der Waals surface area contributed by atoms with Crippen LogP contribution in [0.15, 0.2) is 84.4 Å². The van der Waals surface area contributed by atoms with Gasteiger partial charge in [0, 0.05) is 28.2 Å². The third-order valence-corrected chi connectivity index (χ3v) is 4.96. The van der Waals surface area contributed by atoms with E-state index in [1.807, 2.05) is 60.0 Å². The molecule has 0 saturated heterocycles. The summed E-state index contributed by atoms with van der Waals surface area (Å²) in [6.45, 7) is 0. The molecule has 4 heteroatoms. The maximum Gasteiger partial charge on any atom is 0.136 e. The van der Waals surface area contributed by atoms with Crippen LogP contribution in [0, 0.1) is 11.3 Å². The molecule has 1 N–H and O–H groups in total. The number of hydrogen-bond acceptors (Lipinski definition) is 4. The van der Waals surface area contributed by atoms with Gasteiger partial charge in [0.1, 0.15) is 16.6 Å². The van der Waals surface area contributed by atoms with Crippen molar-refractivity contribution in [3.05, 3.63) is 89.4 Å². The Labute approximate surface area is 155 Å². The molecular formula is C22H15N3S. The summed E-state index contributed by atoms with van der Waals surface area (Å²) in [6.07, 6.45) is 1.73. The first-order valence-electron chi connectivity index (χ1n) is 8.21. The Morgan fingerprint density at radius 2 is 1.73 bits per heavy atom. The summed E-state index contributed by atoms with van der Waals surface area (Å²) in [4.78, 5) is 4.61. The summed E-state index contributed by atoms with van der Waals surface area (Å²) in [5.41, 5.74) is 3.42. The second-order valence-electron chi connectivity index (χ2n) is 5.74. The Balaban J connectivity index is 1.64. The first-order chi connectivity index (χ1) is 12.8. The molecule has 0 fully saturated rings. The van der Waals surface area contributed by atoms with Gasteiger partial charge in [-0.25, -0.2) is 4.98 Å². The van der Waals surface area contributed by atoms with Crippen molar-refractivity contribution in [2.45, 2.75) is 0 Å². The number of nitrogens with zero attached hydrogens (tertiary/aromatic N) is 2. The molecule has 0 amide bonds. The number of nitrogens with one attached hydrogen (secondary N) is 1. The van der Waals surface area contributed by atoms with E-state index in [2.05, 4.69) is 34.6 Å². The third kappa shape index (κ3) is 3.21. The van der Waals surface area contributed by atoms with Gasteiger partial charge in [0.05, 0.1) is 5.69 Å². The van der Waals surface area contributed by atoms with Crippen LogP contribution in [0.3, 0.4) is 0 Å². The third-order valence-electron chi connectivity index (χ3n) is 4.09. The lowest BCUT2D eigenvalue weighted by molar-refractivity contribution is 1.36. The van der Waals surface area contributed by atoms with Gasteiger partial charge in [0.15, 0.2) is 0 Å². The van der Waals surface area contributed by atoms with E-state index in [0.29, 0.717) is 10.6 Å². The zero-order chi connectivity index (χ0) is 17.8. The Bertz CT molecular complexity index is 1120. The number of thiazole rings is 1. The van der Waals surface area contributed by atoms with E-state index in [1.54, 1.807) is 6.20 Å². The van der Waals surface area contributed by atoms with E-state index >= 15 is 0 Å². The van der Waals surface area contributed by atoms with Crippen LogP contribution in [0.2, 0.25) is 0 Å². The number of aromatic nitrogens is 1. The van der Waals surface area contributed by atoms with Gasteiger partial charge in [-0.2, -0.15) is 5.26 Å². The fraction of sp³-hybridized carbons (Fsp3) is 0. The normalized spacial score (nSPS) is 11.3. The summed E-state index contributed by atoms with van der Waals surface area (Å²) in [6, 6.07) is 26.5. The SMILES string of the molecule is N#C/C(=C/Nc1cccc2ccccc12)c1nc(-c2ccccc2)cs1. The van der Waals surface area contributed by atoms with Crippen LogP contribution < -0.4 is 5.32 Å². The summed E-state index contributed by atoms with van der Waals surface area (Å²) >= 11 is 1.47. The summed E-state index contributed by atoms with van der Waals surface area (Å²) in [5.74, 6) is 0. The number of rotatable bonds is 4. The van der Waals surface area contributed by atoms with Crippen LogP contribution in [0.1, 0.15) is 5.01 Å². The van der Waals surface area contributed by atoms with Crippen LogP contribution in [0.5, 0.6) is 0 Å². The zero-order valence-corrected chi connectivity index (χ0v) is 14.7. The van der Waals surface area contributed by atoms with Crippen LogP contribution in [-0.4, -0.2) is 4.98 Å². The first-order valence-corrected chi connectivity index (χ1v) is 9.09. The highest BCUT2D eigenvalue weighted by Gasteiger charge is 2.09. The van der Waals surface area contributed by atoms with E-state index in [-0.39, 0.29) is 0 Å². The van der Waals surface area contributed by atoms with Crippen LogP contribution >= 0.6 is 11.3 Å². The molecule has 124 valence electrons. The fourth-order valence-corrected chi connectivity index (χ4v) is 3.58. The quantitative estimate of drug-likeness (QED) is 0.462. The van der Waals surface area contributed by atoms with E-state index in [1.165, 1.54) is 11.3 Å². The highest BCUT2D eigenvalue weighted by atomic mass is 32.1. The Hall–Kier alpha value is -3.42. The second-order valence-corrected chi connectivity index (χ2v) is 6.60. The van der Waals surface area contributed by atoms with Crippen molar-refractivity contribution in [3.8, 4) is 17.3 Å². The van der Waals surface area contributed by atoms with Crippen molar-refractivity contribution in [2.24, 2.45) is 0 Å². The number of nitriles is 1. The van der Waals surface area contributed by atoms with Crippen LogP contribution in [-0.2, 0) is 0 Å². The van der Waals surface area contributed by atoms with Gasteiger partial charge in [-0.15, -0.1) is 11.3 Å². The smallest absolute Gasteiger partial charge is 0.136 e. The molecule has 0 saturated carbocycles. The molecule has 0 radical (unpaired) electrons. The number of hydrogen-bond donors (Lipinski definition) is 1. The van der Waals surface area contributed by atoms with Crippen molar-refractivity contribution >= 4 is 33.4 Å². The van der Waals surface area contributed by atoms with Gasteiger partial charge in [0.25, 0.3) is 0 Å². The highest BCUT2D eigenvalue weighted by molar-refractivity contribution is 7.11. The van der Waals surface area contributed by atoms with Gasteiger partial charge in [-0.1, -0.05) is 66.7 Å². The second kappa shape index (κ2) is 7.22. The molecule has 0 bridgehead atoms. The van der Waals surface area contributed by atoms with Crippen molar-refractivity contribution in [1.82, 2.24) is 4.98 Å². The first kappa shape index (κ1) is 16.1. The van der Waals surface area contributed by atoms with E-state index in [9.17, 15) is 5.26 Å². The lowest BCUT2D eigenvalue weighted by Gasteiger charge is -2.06. The molecule has 0 aliphatic carbocycles. The van der Waals surface area contributed by atoms with Gasteiger partial charge in [-0.05, 0) is 11.5 Å². The average molecular weight is 353 g/mol.